The fraction of sp³-hybridized carbons (Fsp3) is 0.259. The van der Waals surface area contributed by atoms with Crippen LogP contribution in [0.2, 0.25) is 0 Å². The number of likely N-dealkylation sites (N-methyl/N-ethyl adjacent to an activating group) is 2. The molecule has 0 spiro atoms. The molecule has 0 bridgehead atoms. The maximum Gasteiger partial charge on any atom is 0.247 e. The van der Waals surface area contributed by atoms with Gasteiger partial charge in [-0.25, -0.2) is 14.4 Å². The zero-order valence-corrected chi connectivity index (χ0v) is 22.1. The quantitative estimate of drug-likeness (QED) is 0.304. The number of benzene rings is 2. The number of aryl methyl sites for hydroxylation is 1. The molecule has 0 saturated heterocycles. The van der Waals surface area contributed by atoms with Gasteiger partial charge in [-0.2, -0.15) is 5.10 Å². The number of methoxy groups -OCH3 is 1. The summed E-state index contributed by atoms with van der Waals surface area (Å²) in [6.45, 7) is 5.11. The Bertz CT molecular complexity index is 1480. The highest BCUT2D eigenvalue weighted by Crippen LogP contribution is 2.38. The highest BCUT2D eigenvalue weighted by molar-refractivity contribution is 6.02. The number of anilines is 4. The van der Waals surface area contributed by atoms with Crippen LogP contribution in [-0.4, -0.2) is 71.9 Å². The second-order valence-corrected chi connectivity index (χ2v) is 9.07. The average molecular weight is 519 g/mol. The first-order valence-corrected chi connectivity index (χ1v) is 11.9. The summed E-state index contributed by atoms with van der Waals surface area (Å²) in [5.41, 5.74) is 3.50. The predicted molar refractivity (Wildman–Crippen MR) is 149 cm³/mol. The molecular weight excluding hydrogens is 487 g/mol. The van der Waals surface area contributed by atoms with E-state index in [0.717, 1.165) is 18.8 Å². The molecule has 0 atom stereocenters. The van der Waals surface area contributed by atoms with Crippen molar-refractivity contribution in [2.24, 2.45) is 7.05 Å². The molecule has 2 N–H and O–H groups in total. The van der Waals surface area contributed by atoms with Gasteiger partial charge >= 0.3 is 0 Å². The van der Waals surface area contributed by atoms with Crippen LogP contribution < -0.4 is 20.3 Å². The van der Waals surface area contributed by atoms with Gasteiger partial charge in [0.25, 0.3) is 0 Å². The summed E-state index contributed by atoms with van der Waals surface area (Å²) in [4.78, 5) is 25.0. The maximum atomic E-state index is 14.8. The molecule has 0 fully saturated rings. The first-order chi connectivity index (χ1) is 18.2. The molecule has 0 aliphatic heterocycles. The van der Waals surface area contributed by atoms with Crippen LogP contribution in [0.1, 0.15) is 0 Å². The Labute approximate surface area is 220 Å². The number of nitrogens with zero attached hydrogens (tertiary/aromatic N) is 6. The molecule has 4 aromatic rings. The summed E-state index contributed by atoms with van der Waals surface area (Å²) >= 11 is 0. The lowest BCUT2D eigenvalue weighted by molar-refractivity contribution is -0.111. The molecule has 0 unspecified atom stereocenters. The van der Waals surface area contributed by atoms with E-state index in [9.17, 15) is 9.18 Å². The minimum absolute atomic E-state index is 0.333. The molecular formula is C27H31FN8O2. The standard InChI is InChI=1S/C27H31FN8O2/c1-7-26(37)33-21-12-22(24(38-6)14-23(21)35(4)9-8-34(2)3)32-25-13-20(29-16-30-25)17-10-18-15-31-36(5)27(18)19(28)11-17/h7,10-16H,1,8-9H2,2-6H3,(H,33,37)(H,29,30,32). The number of carbonyl (C=O) groups excluding carboxylic acids is 1. The fourth-order valence-electron chi connectivity index (χ4n) is 4.04. The van der Waals surface area contributed by atoms with E-state index in [1.54, 1.807) is 32.5 Å². The lowest BCUT2D eigenvalue weighted by Gasteiger charge is -2.26. The molecule has 10 nitrogen and oxygen atoms in total. The van der Waals surface area contributed by atoms with Gasteiger partial charge in [-0.3, -0.25) is 9.48 Å². The molecule has 0 aliphatic rings. The van der Waals surface area contributed by atoms with Crippen molar-refractivity contribution >= 4 is 39.7 Å². The molecule has 2 aromatic carbocycles. The summed E-state index contributed by atoms with van der Waals surface area (Å²) < 4.78 is 21.9. The third kappa shape index (κ3) is 5.73. The molecule has 0 aliphatic carbocycles. The zero-order chi connectivity index (χ0) is 27.4. The Morgan fingerprint density at radius 1 is 1.13 bits per heavy atom. The zero-order valence-electron chi connectivity index (χ0n) is 22.1. The van der Waals surface area contributed by atoms with Crippen molar-refractivity contribution in [3.63, 3.8) is 0 Å². The van der Waals surface area contributed by atoms with Crippen LogP contribution in [0, 0.1) is 5.82 Å². The Hall–Kier alpha value is -4.51. The van der Waals surface area contributed by atoms with Crippen molar-refractivity contribution < 1.29 is 13.9 Å². The highest BCUT2D eigenvalue weighted by atomic mass is 19.1. The van der Waals surface area contributed by atoms with Crippen LogP contribution in [0.5, 0.6) is 5.75 Å². The first kappa shape index (κ1) is 26.6. The number of hydrogen-bond acceptors (Lipinski definition) is 8. The third-order valence-corrected chi connectivity index (χ3v) is 6.07. The Morgan fingerprint density at radius 3 is 2.63 bits per heavy atom. The van der Waals surface area contributed by atoms with E-state index >= 15 is 0 Å². The summed E-state index contributed by atoms with van der Waals surface area (Å²) in [6, 6.07) is 8.61. The van der Waals surface area contributed by atoms with Gasteiger partial charge in [0.05, 0.1) is 36.1 Å². The first-order valence-electron chi connectivity index (χ1n) is 11.9. The van der Waals surface area contributed by atoms with Gasteiger partial charge in [-0.05, 0) is 38.4 Å². The van der Waals surface area contributed by atoms with E-state index in [1.165, 1.54) is 23.2 Å². The van der Waals surface area contributed by atoms with E-state index in [2.05, 4.69) is 37.2 Å². The summed E-state index contributed by atoms with van der Waals surface area (Å²) in [7, 11) is 9.22. The van der Waals surface area contributed by atoms with Crippen molar-refractivity contribution in [2.75, 3.05) is 56.9 Å². The van der Waals surface area contributed by atoms with Gasteiger partial charge in [0.2, 0.25) is 5.91 Å². The topological polar surface area (TPSA) is 100 Å². The van der Waals surface area contributed by atoms with E-state index < -0.39 is 0 Å². The average Bonchev–Trinajstić information content (AvgIpc) is 3.28. The minimum atomic E-state index is -0.385. The molecule has 11 heteroatoms. The van der Waals surface area contributed by atoms with E-state index in [0.29, 0.717) is 45.1 Å². The number of carbonyl (C=O) groups is 1. The number of amides is 1. The van der Waals surface area contributed by atoms with Crippen LogP contribution in [-0.2, 0) is 11.8 Å². The Balaban J connectivity index is 1.69. The maximum absolute atomic E-state index is 14.8. The molecule has 198 valence electrons. The Kier molecular flexibility index (Phi) is 7.87. The fourth-order valence-corrected chi connectivity index (χ4v) is 4.04. The number of ether oxygens (including phenoxy) is 1. The van der Waals surface area contributed by atoms with Crippen LogP contribution in [0.25, 0.3) is 22.2 Å². The van der Waals surface area contributed by atoms with Crippen LogP contribution in [0.4, 0.5) is 27.3 Å². The molecule has 0 radical (unpaired) electrons. The van der Waals surface area contributed by atoms with Crippen molar-refractivity contribution in [3.05, 3.63) is 61.3 Å². The number of halogens is 1. The van der Waals surface area contributed by atoms with Crippen LogP contribution >= 0.6 is 0 Å². The Morgan fingerprint density at radius 2 is 1.92 bits per heavy atom. The van der Waals surface area contributed by atoms with Crippen LogP contribution in [0.15, 0.2) is 55.5 Å². The van der Waals surface area contributed by atoms with Crippen molar-refractivity contribution in [3.8, 4) is 17.0 Å². The van der Waals surface area contributed by atoms with Crippen molar-refractivity contribution in [1.29, 1.82) is 0 Å². The summed E-state index contributed by atoms with van der Waals surface area (Å²) in [5, 5.41) is 10.9. The summed E-state index contributed by atoms with van der Waals surface area (Å²) in [5.74, 6) is 0.301. The van der Waals surface area contributed by atoms with E-state index in [-0.39, 0.29) is 11.7 Å². The van der Waals surface area contributed by atoms with Gasteiger partial charge in [-0.15, -0.1) is 0 Å². The minimum Gasteiger partial charge on any atom is -0.494 e. The van der Waals surface area contributed by atoms with Gasteiger partial charge in [0.15, 0.2) is 0 Å². The van der Waals surface area contributed by atoms with E-state index in [1.807, 2.05) is 38.2 Å². The number of rotatable bonds is 10. The van der Waals surface area contributed by atoms with Gasteiger partial charge < -0.3 is 25.2 Å². The van der Waals surface area contributed by atoms with Gasteiger partial charge in [-0.1, -0.05) is 6.58 Å². The highest BCUT2D eigenvalue weighted by Gasteiger charge is 2.17. The van der Waals surface area contributed by atoms with Crippen molar-refractivity contribution in [2.45, 2.75) is 0 Å². The summed E-state index contributed by atoms with van der Waals surface area (Å²) in [6.07, 6.45) is 4.23. The van der Waals surface area contributed by atoms with Crippen LogP contribution in [0.3, 0.4) is 0 Å². The molecule has 4 rings (SSSR count). The molecule has 2 heterocycles. The molecule has 2 aromatic heterocycles. The second-order valence-electron chi connectivity index (χ2n) is 9.07. The molecule has 1 amide bonds. The predicted octanol–water partition coefficient (Wildman–Crippen LogP) is 4.04. The van der Waals surface area contributed by atoms with Gasteiger partial charge in [0, 0.05) is 50.3 Å². The van der Waals surface area contributed by atoms with Crippen molar-refractivity contribution in [1.82, 2.24) is 24.6 Å². The van der Waals surface area contributed by atoms with E-state index in [4.69, 9.17) is 4.74 Å². The number of nitrogens with one attached hydrogen (secondary N) is 2. The number of aromatic nitrogens is 4. The monoisotopic (exact) mass is 518 g/mol. The normalized spacial score (nSPS) is 11.0. The number of hydrogen-bond donors (Lipinski definition) is 2. The molecule has 38 heavy (non-hydrogen) atoms. The third-order valence-electron chi connectivity index (χ3n) is 6.07. The lowest BCUT2D eigenvalue weighted by atomic mass is 10.1. The lowest BCUT2D eigenvalue weighted by Crippen LogP contribution is -2.29. The van der Waals surface area contributed by atoms with Gasteiger partial charge in [0.1, 0.15) is 29.2 Å². The SMILES string of the molecule is C=CC(=O)Nc1cc(Nc2cc(-c3cc(F)c4c(cnn4C)c3)ncn2)c(OC)cc1N(C)CCN(C)C. The smallest absolute Gasteiger partial charge is 0.247 e. The largest absolute Gasteiger partial charge is 0.494 e. The second kappa shape index (κ2) is 11.3. The molecule has 0 saturated carbocycles. The number of fused-ring (bicyclic) bond motifs is 1.